The predicted molar refractivity (Wildman–Crippen MR) is 74.9 cm³/mol. The largest absolute Gasteiger partial charge is 0.402 e. The lowest BCUT2D eigenvalue weighted by molar-refractivity contribution is 0.794. The lowest BCUT2D eigenvalue weighted by Crippen LogP contribution is -2.05. The fourth-order valence-electron chi connectivity index (χ4n) is 2.02. The van der Waals surface area contributed by atoms with Crippen molar-refractivity contribution in [3.63, 3.8) is 0 Å². The third-order valence-electron chi connectivity index (χ3n) is 2.91. The van der Waals surface area contributed by atoms with Crippen molar-refractivity contribution in [3.05, 3.63) is 52.8 Å². The highest BCUT2D eigenvalue weighted by atomic mass is 14.9. The summed E-state index contributed by atoms with van der Waals surface area (Å²) >= 11 is 0. The number of aromatic nitrogens is 2. The van der Waals surface area contributed by atoms with Gasteiger partial charge in [0.1, 0.15) is 0 Å². The Bertz CT molecular complexity index is 535. The van der Waals surface area contributed by atoms with E-state index in [0.29, 0.717) is 11.7 Å². The molecule has 1 unspecified atom stereocenters. The standard InChI is InChI=1S/C15H19N3/c1-10-4-6-13(7-5-10)14-9-12(3)17-15(18-14)8-11(2)16/h4-6,8-9,13H,7,16H2,1-3H3. The highest BCUT2D eigenvalue weighted by molar-refractivity contribution is 5.44. The van der Waals surface area contributed by atoms with Crippen LogP contribution in [0.2, 0.25) is 0 Å². The maximum atomic E-state index is 5.68. The van der Waals surface area contributed by atoms with Crippen LogP contribution in [0.3, 0.4) is 0 Å². The molecule has 94 valence electrons. The molecule has 0 aromatic carbocycles. The van der Waals surface area contributed by atoms with Crippen LogP contribution < -0.4 is 5.73 Å². The Morgan fingerprint density at radius 2 is 2.17 bits per heavy atom. The summed E-state index contributed by atoms with van der Waals surface area (Å²) in [5, 5.41) is 0. The number of nitrogens with two attached hydrogens (primary N) is 1. The first-order valence-electron chi connectivity index (χ1n) is 6.19. The molecule has 3 nitrogen and oxygen atoms in total. The molecule has 1 aromatic rings. The third-order valence-corrected chi connectivity index (χ3v) is 2.91. The molecule has 0 saturated carbocycles. The number of hydrogen-bond donors (Lipinski definition) is 1. The molecule has 18 heavy (non-hydrogen) atoms. The zero-order chi connectivity index (χ0) is 13.1. The first kappa shape index (κ1) is 12.6. The first-order chi connectivity index (χ1) is 8.54. The van der Waals surface area contributed by atoms with Crippen LogP contribution in [0.5, 0.6) is 0 Å². The summed E-state index contributed by atoms with van der Waals surface area (Å²) in [6.07, 6.45) is 9.41. The average Bonchev–Trinajstić information content (AvgIpc) is 2.28. The molecule has 3 heteroatoms. The summed E-state index contributed by atoms with van der Waals surface area (Å²) in [6.45, 7) is 5.95. The van der Waals surface area contributed by atoms with Crippen LogP contribution in [0.1, 0.15) is 43.4 Å². The van der Waals surface area contributed by atoms with Crippen molar-refractivity contribution in [1.29, 1.82) is 0 Å². The molecule has 1 aromatic heterocycles. The van der Waals surface area contributed by atoms with E-state index in [2.05, 4.69) is 35.1 Å². The van der Waals surface area contributed by atoms with E-state index in [4.69, 9.17) is 5.73 Å². The van der Waals surface area contributed by atoms with Gasteiger partial charge < -0.3 is 5.73 Å². The monoisotopic (exact) mass is 241 g/mol. The molecular weight excluding hydrogens is 222 g/mol. The average molecular weight is 241 g/mol. The van der Waals surface area contributed by atoms with Gasteiger partial charge in [-0.2, -0.15) is 0 Å². The van der Waals surface area contributed by atoms with Gasteiger partial charge in [0.25, 0.3) is 0 Å². The molecule has 2 N–H and O–H groups in total. The van der Waals surface area contributed by atoms with Crippen LogP contribution in [-0.2, 0) is 0 Å². The SMILES string of the molecule is CC(N)=Cc1nc(C)cc(C2C=CC(C)=CC2)n1. The van der Waals surface area contributed by atoms with Gasteiger partial charge in [0, 0.05) is 23.4 Å². The maximum absolute atomic E-state index is 5.68. The van der Waals surface area contributed by atoms with Gasteiger partial charge >= 0.3 is 0 Å². The summed E-state index contributed by atoms with van der Waals surface area (Å²) in [7, 11) is 0. The molecule has 0 amide bonds. The van der Waals surface area contributed by atoms with Crippen molar-refractivity contribution < 1.29 is 0 Å². The molecule has 0 saturated heterocycles. The van der Waals surface area contributed by atoms with E-state index in [1.807, 2.05) is 26.0 Å². The Balaban J connectivity index is 2.32. The Morgan fingerprint density at radius 1 is 1.39 bits per heavy atom. The van der Waals surface area contributed by atoms with Gasteiger partial charge in [-0.1, -0.05) is 23.8 Å². The van der Waals surface area contributed by atoms with Crippen LogP contribution in [0.25, 0.3) is 6.08 Å². The Kier molecular flexibility index (Phi) is 3.60. The summed E-state index contributed by atoms with van der Waals surface area (Å²) in [6, 6.07) is 2.05. The van der Waals surface area contributed by atoms with Crippen LogP contribution in [-0.4, -0.2) is 9.97 Å². The number of hydrogen-bond acceptors (Lipinski definition) is 3. The molecular formula is C15H19N3. The Labute approximate surface area is 108 Å². The number of nitrogens with zero attached hydrogens (tertiary/aromatic N) is 2. The fraction of sp³-hybridized carbons (Fsp3) is 0.333. The van der Waals surface area contributed by atoms with Gasteiger partial charge in [-0.15, -0.1) is 0 Å². The molecule has 1 aliphatic carbocycles. The van der Waals surface area contributed by atoms with Crippen LogP contribution >= 0.6 is 0 Å². The van der Waals surface area contributed by atoms with E-state index >= 15 is 0 Å². The van der Waals surface area contributed by atoms with Gasteiger partial charge in [-0.3, -0.25) is 0 Å². The van der Waals surface area contributed by atoms with E-state index in [9.17, 15) is 0 Å². The molecule has 1 heterocycles. The van der Waals surface area contributed by atoms with Crippen LogP contribution in [0, 0.1) is 6.92 Å². The highest BCUT2D eigenvalue weighted by Gasteiger charge is 2.13. The van der Waals surface area contributed by atoms with Crippen molar-refractivity contribution in [3.8, 4) is 0 Å². The highest BCUT2D eigenvalue weighted by Crippen LogP contribution is 2.25. The molecule has 0 aliphatic heterocycles. The van der Waals surface area contributed by atoms with Gasteiger partial charge in [0.05, 0.1) is 5.69 Å². The second kappa shape index (κ2) is 5.17. The minimum atomic E-state index is 0.348. The number of allylic oxidation sites excluding steroid dienone is 5. The van der Waals surface area contributed by atoms with Gasteiger partial charge in [0.2, 0.25) is 0 Å². The Morgan fingerprint density at radius 3 is 2.78 bits per heavy atom. The topological polar surface area (TPSA) is 51.8 Å². The van der Waals surface area contributed by atoms with Crippen LogP contribution in [0.15, 0.2) is 35.6 Å². The lowest BCUT2D eigenvalue weighted by atomic mass is 9.94. The van der Waals surface area contributed by atoms with Crippen molar-refractivity contribution >= 4 is 6.08 Å². The van der Waals surface area contributed by atoms with E-state index < -0.39 is 0 Å². The normalized spacial score (nSPS) is 19.8. The molecule has 0 fully saturated rings. The fourth-order valence-corrected chi connectivity index (χ4v) is 2.02. The Hall–Kier alpha value is -1.90. The summed E-state index contributed by atoms with van der Waals surface area (Å²) < 4.78 is 0. The lowest BCUT2D eigenvalue weighted by Gasteiger charge is -2.15. The van der Waals surface area contributed by atoms with Crippen molar-refractivity contribution in [2.75, 3.05) is 0 Å². The van der Waals surface area contributed by atoms with E-state index in [1.165, 1.54) is 5.57 Å². The van der Waals surface area contributed by atoms with Gasteiger partial charge in [0.15, 0.2) is 5.82 Å². The quantitative estimate of drug-likeness (QED) is 0.865. The minimum absolute atomic E-state index is 0.348. The second-order valence-electron chi connectivity index (χ2n) is 4.83. The smallest absolute Gasteiger partial charge is 0.154 e. The zero-order valence-corrected chi connectivity index (χ0v) is 11.1. The van der Waals surface area contributed by atoms with Crippen molar-refractivity contribution in [2.24, 2.45) is 5.73 Å². The summed E-state index contributed by atoms with van der Waals surface area (Å²) in [5.74, 6) is 1.05. The van der Waals surface area contributed by atoms with E-state index in [0.717, 1.165) is 23.5 Å². The summed E-state index contributed by atoms with van der Waals surface area (Å²) in [5.41, 5.74) is 9.76. The second-order valence-corrected chi connectivity index (χ2v) is 4.83. The molecule has 0 spiro atoms. The first-order valence-corrected chi connectivity index (χ1v) is 6.19. The maximum Gasteiger partial charge on any atom is 0.154 e. The number of aryl methyl sites for hydroxylation is 1. The van der Waals surface area contributed by atoms with Crippen LogP contribution in [0.4, 0.5) is 0 Å². The van der Waals surface area contributed by atoms with Crippen molar-refractivity contribution in [2.45, 2.75) is 33.1 Å². The predicted octanol–water partition coefficient (Wildman–Crippen LogP) is 3.09. The molecule has 0 radical (unpaired) electrons. The minimum Gasteiger partial charge on any atom is -0.402 e. The summed E-state index contributed by atoms with van der Waals surface area (Å²) in [4.78, 5) is 8.95. The van der Waals surface area contributed by atoms with Gasteiger partial charge in [-0.05, 0) is 33.3 Å². The van der Waals surface area contributed by atoms with Gasteiger partial charge in [-0.25, -0.2) is 9.97 Å². The molecule has 1 aliphatic rings. The van der Waals surface area contributed by atoms with E-state index in [1.54, 1.807) is 0 Å². The molecule has 1 atom stereocenters. The molecule has 2 rings (SSSR count). The zero-order valence-electron chi connectivity index (χ0n) is 11.1. The van der Waals surface area contributed by atoms with E-state index in [-0.39, 0.29) is 0 Å². The molecule has 0 bridgehead atoms. The third kappa shape index (κ3) is 3.06. The van der Waals surface area contributed by atoms with Crippen molar-refractivity contribution in [1.82, 2.24) is 9.97 Å². The number of rotatable bonds is 2.